The molecule has 0 spiro atoms. The quantitative estimate of drug-likeness (QED) is 0.831. The first kappa shape index (κ1) is 19.7. The lowest BCUT2D eigenvalue weighted by atomic mass is 9.81. The number of para-hydroxylation sites is 1. The molecule has 1 atom stereocenters. The number of anilines is 1. The summed E-state index contributed by atoms with van der Waals surface area (Å²) < 4.78 is 5.22. The summed E-state index contributed by atoms with van der Waals surface area (Å²) in [5.41, 5.74) is 1.12. The Labute approximate surface area is 165 Å². The number of amides is 3. The molecule has 0 unspecified atom stereocenters. The minimum Gasteiger partial charge on any atom is -0.497 e. The predicted octanol–water partition coefficient (Wildman–Crippen LogP) is 3.65. The molecule has 1 aliphatic heterocycles. The second-order valence-electron chi connectivity index (χ2n) is 7.42. The van der Waals surface area contributed by atoms with E-state index in [1.165, 1.54) is 0 Å². The highest BCUT2D eigenvalue weighted by Crippen LogP contribution is 2.30. The van der Waals surface area contributed by atoms with Gasteiger partial charge in [0.15, 0.2) is 0 Å². The molecule has 0 aromatic heterocycles. The number of hydrogen-bond acceptors (Lipinski definition) is 3. The van der Waals surface area contributed by atoms with E-state index in [0.717, 1.165) is 29.8 Å². The van der Waals surface area contributed by atoms with Gasteiger partial charge in [-0.05, 0) is 49.6 Å². The lowest BCUT2D eigenvalue weighted by Gasteiger charge is -2.39. The van der Waals surface area contributed by atoms with Crippen LogP contribution in [0.1, 0.15) is 25.3 Å². The van der Waals surface area contributed by atoms with Crippen molar-refractivity contribution >= 4 is 17.6 Å². The Hall–Kier alpha value is -3.02. The number of piperidine rings is 1. The first-order valence-electron chi connectivity index (χ1n) is 9.52. The number of carbonyl (C=O) groups excluding carboxylic acids is 2. The number of likely N-dealkylation sites (tertiary alicyclic amines) is 1. The summed E-state index contributed by atoms with van der Waals surface area (Å²) >= 11 is 0. The number of ether oxygens (including phenoxy) is 1. The summed E-state index contributed by atoms with van der Waals surface area (Å²) in [5, 5.41) is 5.92. The maximum absolute atomic E-state index is 12.9. The maximum Gasteiger partial charge on any atom is 0.321 e. The molecule has 6 nitrogen and oxygen atoms in total. The summed E-state index contributed by atoms with van der Waals surface area (Å²) in [4.78, 5) is 27.2. The van der Waals surface area contributed by atoms with E-state index >= 15 is 0 Å². The lowest BCUT2D eigenvalue weighted by Crippen LogP contribution is -2.52. The molecule has 2 N–H and O–H groups in total. The van der Waals surface area contributed by atoms with Crippen LogP contribution in [0.15, 0.2) is 54.6 Å². The van der Waals surface area contributed by atoms with E-state index < -0.39 is 5.41 Å². The highest BCUT2D eigenvalue weighted by molar-refractivity contribution is 5.90. The van der Waals surface area contributed by atoms with Crippen molar-refractivity contribution in [1.29, 1.82) is 0 Å². The van der Waals surface area contributed by atoms with Crippen LogP contribution < -0.4 is 15.4 Å². The van der Waals surface area contributed by atoms with Gasteiger partial charge in [0.1, 0.15) is 5.75 Å². The first-order valence-corrected chi connectivity index (χ1v) is 9.52. The number of benzene rings is 2. The molecule has 0 saturated carbocycles. The third-order valence-corrected chi connectivity index (χ3v) is 5.14. The number of nitrogens with one attached hydrogen (secondary N) is 2. The Morgan fingerprint density at radius 2 is 1.93 bits per heavy atom. The summed E-state index contributed by atoms with van der Waals surface area (Å²) in [5.74, 6) is 0.729. The van der Waals surface area contributed by atoms with Crippen molar-refractivity contribution in [2.45, 2.75) is 26.3 Å². The van der Waals surface area contributed by atoms with Gasteiger partial charge in [0.25, 0.3) is 0 Å². The Kier molecular flexibility index (Phi) is 6.19. The smallest absolute Gasteiger partial charge is 0.321 e. The molecular weight excluding hydrogens is 354 g/mol. The molecule has 2 aromatic carbocycles. The van der Waals surface area contributed by atoms with Gasteiger partial charge >= 0.3 is 6.03 Å². The van der Waals surface area contributed by atoms with Gasteiger partial charge in [0, 0.05) is 25.3 Å². The highest BCUT2D eigenvalue weighted by atomic mass is 16.5. The van der Waals surface area contributed by atoms with E-state index in [-0.39, 0.29) is 11.9 Å². The Morgan fingerprint density at radius 1 is 1.14 bits per heavy atom. The number of methoxy groups -OCH3 is 1. The van der Waals surface area contributed by atoms with E-state index in [9.17, 15) is 9.59 Å². The molecule has 148 valence electrons. The molecule has 1 heterocycles. The van der Waals surface area contributed by atoms with Crippen LogP contribution in [0.25, 0.3) is 0 Å². The second kappa shape index (κ2) is 8.78. The normalized spacial score (nSPS) is 19.0. The number of nitrogens with zero attached hydrogens (tertiary/aromatic N) is 1. The van der Waals surface area contributed by atoms with Crippen molar-refractivity contribution in [2.75, 3.05) is 25.5 Å². The van der Waals surface area contributed by atoms with E-state index in [2.05, 4.69) is 10.6 Å². The van der Waals surface area contributed by atoms with Crippen LogP contribution in [0.3, 0.4) is 0 Å². The summed E-state index contributed by atoms with van der Waals surface area (Å²) in [6.07, 6.45) is 1.55. The molecule has 3 rings (SSSR count). The maximum atomic E-state index is 12.9. The number of rotatable bonds is 5. The van der Waals surface area contributed by atoms with Crippen LogP contribution in [-0.2, 0) is 11.3 Å². The van der Waals surface area contributed by atoms with Gasteiger partial charge in [0.2, 0.25) is 5.91 Å². The topological polar surface area (TPSA) is 70.7 Å². The minimum atomic E-state index is -0.606. The lowest BCUT2D eigenvalue weighted by molar-refractivity contribution is -0.132. The van der Waals surface area contributed by atoms with Crippen molar-refractivity contribution in [3.63, 3.8) is 0 Å². The molecule has 2 aromatic rings. The first-order chi connectivity index (χ1) is 13.5. The number of hydrogen-bond donors (Lipinski definition) is 2. The fraction of sp³-hybridized carbons (Fsp3) is 0.364. The molecule has 1 fully saturated rings. The monoisotopic (exact) mass is 381 g/mol. The zero-order valence-electron chi connectivity index (χ0n) is 16.4. The molecule has 0 aliphatic carbocycles. The third-order valence-electron chi connectivity index (χ3n) is 5.14. The van der Waals surface area contributed by atoms with Gasteiger partial charge in [-0.3, -0.25) is 4.79 Å². The van der Waals surface area contributed by atoms with Gasteiger partial charge < -0.3 is 20.3 Å². The third kappa shape index (κ3) is 4.82. The molecule has 1 aliphatic rings. The molecule has 0 radical (unpaired) electrons. The minimum absolute atomic E-state index is 0.0347. The molecular formula is C22H27N3O3. The Bertz CT molecular complexity index is 825. The molecule has 6 heteroatoms. The number of carbonyl (C=O) groups is 2. The second-order valence-corrected chi connectivity index (χ2v) is 7.42. The van der Waals surface area contributed by atoms with E-state index in [1.807, 2.05) is 61.5 Å². The molecule has 28 heavy (non-hydrogen) atoms. The molecule has 0 bridgehead atoms. The van der Waals surface area contributed by atoms with Crippen molar-refractivity contribution in [2.24, 2.45) is 5.41 Å². The van der Waals surface area contributed by atoms with Crippen molar-refractivity contribution in [1.82, 2.24) is 10.2 Å². The number of urea groups is 1. The van der Waals surface area contributed by atoms with Crippen molar-refractivity contribution in [3.8, 4) is 5.75 Å². The Balaban J connectivity index is 1.59. The standard InChI is InChI=1S/C22H27N3O3/c1-22(20(26)23-15-17-8-6-11-19(14-17)28-2)12-7-13-25(16-22)21(27)24-18-9-4-3-5-10-18/h3-6,8-11,14H,7,12-13,15-16H2,1-2H3,(H,23,26)(H,24,27)/t22-/m0/s1. The Morgan fingerprint density at radius 3 is 2.68 bits per heavy atom. The summed E-state index contributed by atoms with van der Waals surface area (Å²) in [6, 6.07) is 16.8. The zero-order chi connectivity index (χ0) is 20.0. The van der Waals surface area contributed by atoms with Gasteiger partial charge in [-0.1, -0.05) is 30.3 Å². The van der Waals surface area contributed by atoms with Crippen LogP contribution in [0.4, 0.5) is 10.5 Å². The van der Waals surface area contributed by atoms with Crippen LogP contribution >= 0.6 is 0 Å². The van der Waals surface area contributed by atoms with Crippen molar-refractivity contribution < 1.29 is 14.3 Å². The predicted molar refractivity (Wildman–Crippen MR) is 109 cm³/mol. The highest BCUT2D eigenvalue weighted by Gasteiger charge is 2.39. The fourth-order valence-electron chi connectivity index (χ4n) is 3.50. The summed E-state index contributed by atoms with van der Waals surface area (Å²) in [7, 11) is 1.62. The average molecular weight is 381 g/mol. The van der Waals surface area contributed by atoms with Crippen LogP contribution in [0.5, 0.6) is 5.75 Å². The molecule has 1 saturated heterocycles. The summed E-state index contributed by atoms with van der Waals surface area (Å²) in [6.45, 7) is 3.41. The van der Waals surface area contributed by atoms with Gasteiger partial charge in [-0.25, -0.2) is 4.79 Å². The largest absolute Gasteiger partial charge is 0.497 e. The molecule has 3 amide bonds. The van der Waals surface area contributed by atoms with Gasteiger partial charge in [-0.2, -0.15) is 0 Å². The van der Waals surface area contributed by atoms with Gasteiger partial charge in [0.05, 0.1) is 12.5 Å². The zero-order valence-corrected chi connectivity index (χ0v) is 16.4. The van der Waals surface area contributed by atoms with Crippen LogP contribution in [0, 0.1) is 5.41 Å². The SMILES string of the molecule is COc1cccc(CNC(=O)[C@@]2(C)CCCN(C(=O)Nc3ccccc3)C2)c1. The van der Waals surface area contributed by atoms with E-state index in [0.29, 0.717) is 19.6 Å². The fourth-order valence-corrected chi connectivity index (χ4v) is 3.50. The van der Waals surface area contributed by atoms with Crippen molar-refractivity contribution in [3.05, 3.63) is 60.2 Å². The van der Waals surface area contributed by atoms with Crippen LogP contribution in [-0.4, -0.2) is 37.0 Å². The van der Waals surface area contributed by atoms with E-state index in [1.54, 1.807) is 12.0 Å². The van der Waals surface area contributed by atoms with Gasteiger partial charge in [-0.15, -0.1) is 0 Å². The van der Waals surface area contributed by atoms with Crippen LogP contribution in [0.2, 0.25) is 0 Å². The van der Waals surface area contributed by atoms with E-state index in [4.69, 9.17) is 4.74 Å². The average Bonchev–Trinajstić information content (AvgIpc) is 2.73.